The van der Waals surface area contributed by atoms with Gasteiger partial charge in [0.05, 0.1) is 0 Å². The van der Waals surface area contributed by atoms with E-state index in [1.807, 2.05) is 14.1 Å². The van der Waals surface area contributed by atoms with Gasteiger partial charge in [-0.05, 0) is 39.8 Å². The molecule has 5 nitrogen and oxygen atoms in total. The summed E-state index contributed by atoms with van der Waals surface area (Å²) in [6.07, 6.45) is 5.12. The Hall–Kier alpha value is -0.170. The molecule has 0 bridgehead atoms. The van der Waals surface area contributed by atoms with E-state index in [0.29, 0.717) is 19.1 Å². The van der Waals surface area contributed by atoms with Crippen molar-refractivity contribution in [2.75, 3.05) is 27.2 Å². The monoisotopic (exact) mass is 261 g/mol. The van der Waals surface area contributed by atoms with Gasteiger partial charge in [-0.3, -0.25) is 0 Å². The molecule has 6 heteroatoms. The zero-order valence-corrected chi connectivity index (χ0v) is 11.5. The average molecular weight is 261 g/mol. The molecule has 2 atom stereocenters. The van der Waals surface area contributed by atoms with Gasteiger partial charge in [-0.15, -0.1) is 0 Å². The van der Waals surface area contributed by atoms with Crippen LogP contribution in [0.5, 0.6) is 0 Å². The molecule has 100 valence electrons. The Morgan fingerprint density at radius 3 is 2.35 bits per heavy atom. The molecule has 1 N–H and O–H groups in total. The Morgan fingerprint density at radius 2 is 1.76 bits per heavy atom. The van der Waals surface area contributed by atoms with Crippen LogP contribution in [0.2, 0.25) is 0 Å². The van der Waals surface area contributed by atoms with Crippen LogP contribution in [-0.4, -0.2) is 56.9 Å². The first-order valence-electron chi connectivity index (χ1n) is 6.44. The van der Waals surface area contributed by atoms with Crippen molar-refractivity contribution in [1.29, 1.82) is 0 Å². The van der Waals surface area contributed by atoms with Crippen LogP contribution in [0.4, 0.5) is 0 Å². The van der Waals surface area contributed by atoms with Gasteiger partial charge >= 0.3 is 0 Å². The molecule has 2 rings (SSSR count). The lowest BCUT2D eigenvalue weighted by molar-refractivity contribution is 0.265. The molecule has 1 heterocycles. The first-order valence-corrected chi connectivity index (χ1v) is 7.88. The van der Waals surface area contributed by atoms with Gasteiger partial charge in [0.25, 0.3) is 10.2 Å². The van der Waals surface area contributed by atoms with Gasteiger partial charge in [0.15, 0.2) is 0 Å². The van der Waals surface area contributed by atoms with E-state index in [4.69, 9.17) is 0 Å². The van der Waals surface area contributed by atoms with Crippen molar-refractivity contribution in [3.8, 4) is 0 Å². The minimum Gasteiger partial charge on any atom is -0.305 e. The van der Waals surface area contributed by atoms with Crippen molar-refractivity contribution in [3.05, 3.63) is 0 Å². The van der Waals surface area contributed by atoms with E-state index >= 15 is 0 Å². The Bertz CT molecular complexity index is 350. The average Bonchev–Trinajstić information content (AvgIpc) is 2.85. The summed E-state index contributed by atoms with van der Waals surface area (Å²) in [5, 5.41) is 0. The SMILES string of the molecule is CN(C)[C@@H]1CCC[C@H]1NS(=O)(=O)N1CCCC1. The predicted octanol–water partition coefficient (Wildman–Crippen LogP) is 0.399. The first kappa shape index (κ1) is 13.3. The van der Waals surface area contributed by atoms with Crippen molar-refractivity contribution in [1.82, 2.24) is 13.9 Å². The zero-order chi connectivity index (χ0) is 12.5. The first-order chi connectivity index (χ1) is 8.00. The predicted molar refractivity (Wildman–Crippen MR) is 68.0 cm³/mol. The standard InChI is InChI=1S/C11H23N3O2S/c1-13(2)11-7-5-6-10(11)12-17(15,16)14-8-3-4-9-14/h10-12H,3-9H2,1-2H3/t10-,11-/m1/s1. The fourth-order valence-corrected chi connectivity index (χ4v) is 4.44. The minimum absolute atomic E-state index is 0.0793. The topological polar surface area (TPSA) is 52.7 Å². The molecule has 17 heavy (non-hydrogen) atoms. The highest BCUT2D eigenvalue weighted by Crippen LogP contribution is 2.24. The third-order valence-electron chi connectivity index (χ3n) is 3.85. The van der Waals surface area contributed by atoms with Crippen LogP contribution in [-0.2, 0) is 10.2 Å². The quantitative estimate of drug-likeness (QED) is 0.797. The van der Waals surface area contributed by atoms with Crippen LogP contribution in [0.25, 0.3) is 0 Å². The van der Waals surface area contributed by atoms with Crippen molar-refractivity contribution in [2.24, 2.45) is 0 Å². The summed E-state index contributed by atoms with van der Waals surface area (Å²) in [5.74, 6) is 0. The van der Waals surface area contributed by atoms with Gasteiger partial charge in [0, 0.05) is 25.2 Å². The molecule has 2 aliphatic rings. The van der Waals surface area contributed by atoms with E-state index in [1.54, 1.807) is 4.31 Å². The van der Waals surface area contributed by atoms with E-state index in [2.05, 4.69) is 9.62 Å². The van der Waals surface area contributed by atoms with E-state index in [1.165, 1.54) is 0 Å². The molecular formula is C11H23N3O2S. The largest absolute Gasteiger partial charge is 0.305 e. The molecule has 0 amide bonds. The van der Waals surface area contributed by atoms with Gasteiger partial charge in [0.2, 0.25) is 0 Å². The van der Waals surface area contributed by atoms with Gasteiger partial charge in [0.1, 0.15) is 0 Å². The van der Waals surface area contributed by atoms with Crippen LogP contribution in [0.15, 0.2) is 0 Å². The second-order valence-electron chi connectivity index (χ2n) is 5.30. The van der Waals surface area contributed by atoms with Crippen LogP contribution >= 0.6 is 0 Å². The molecule has 0 radical (unpaired) electrons. The number of likely N-dealkylation sites (N-methyl/N-ethyl adjacent to an activating group) is 1. The molecule has 0 aromatic heterocycles. The Morgan fingerprint density at radius 1 is 1.12 bits per heavy atom. The third-order valence-corrected chi connectivity index (χ3v) is 5.49. The van der Waals surface area contributed by atoms with Gasteiger partial charge in [-0.1, -0.05) is 6.42 Å². The smallest absolute Gasteiger partial charge is 0.279 e. The molecular weight excluding hydrogens is 238 g/mol. The molecule has 0 aromatic carbocycles. The fraction of sp³-hybridized carbons (Fsp3) is 1.00. The second-order valence-corrected chi connectivity index (χ2v) is 7.00. The highest BCUT2D eigenvalue weighted by Gasteiger charge is 2.34. The molecule has 1 saturated carbocycles. The Balaban J connectivity index is 1.99. The molecule has 0 spiro atoms. The molecule has 1 aliphatic heterocycles. The summed E-state index contributed by atoms with van der Waals surface area (Å²) in [6.45, 7) is 1.35. The van der Waals surface area contributed by atoms with Gasteiger partial charge < -0.3 is 4.90 Å². The van der Waals surface area contributed by atoms with E-state index < -0.39 is 10.2 Å². The minimum atomic E-state index is -3.25. The summed E-state index contributed by atoms with van der Waals surface area (Å²) in [4.78, 5) is 2.13. The lowest BCUT2D eigenvalue weighted by atomic mass is 10.2. The maximum absolute atomic E-state index is 12.2. The molecule has 0 unspecified atom stereocenters. The van der Waals surface area contributed by atoms with E-state index in [9.17, 15) is 8.42 Å². The number of rotatable bonds is 4. The maximum Gasteiger partial charge on any atom is 0.279 e. The van der Waals surface area contributed by atoms with Crippen molar-refractivity contribution >= 4 is 10.2 Å². The fourth-order valence-electron chi connectivity index (χ4n) is 2.89. The maximum atomic E-state index is 12.2. The highest BCUT2D eigenvalue weighted by atomic mass is 32.2. The summed E-state index contributed by atoms with van der Waals surface area (Å²) in [6, 6.07) is 0.419. The van der Waals surface area contributed by atoms with Crippen molar-refractivity contribution < 1.29 is 8.42 Å². The van der Waals surface area contributed by atoms with Crippen LogP contribution in [0, 0.1) is 0 Å². The van der Waals surface area contributed by atoms with Gasteiger partial charge in [-0.25, -0.2) is 0 Å². The lowest BCUT2D eigenvalue weighted by Crippen LogP contribution is -2.50. The highest BCUT2D eigenvalue weighted by molar-refractivity contribution is 7.87. The number of hydrogen-bond donors (Lipinski definition) is 1. The van der Waals surface area contributed by atoms with Crippen LogP contribution < -0.4 is 4.72 Å². The number of nitrogens with zero attached hydrogens (tertiary/aromatic N) is 2. The summed E-state index contributed by atoms with van der Waals surface area (Å²) < 4.78 is 28.8. The molecule has 0 aromatic rings. The van der Waals surface area contributed by atoms with Crippen LogP contribution in [0.1, 0.15) is 32.1 Å². The summed E-state index contributed by atoms with van der Waals surface area (Å²) >= 11 is 0. The summed E-state index contributed by atoms with van der Waals surface area (Å²) in [7, 11) is 0.789. The second kappa shape index (κ2) is 5.22. The van der Waals surface area contributed by atoms with Crippen molar-refractivity contribution in [3.63, 3.8) is 0 Å². The van der Waals surface area contributed by atoms with E-state index in [-0.39, 0.29) is 6.04 Å². The Kier molecular flexibility index (Phi) is 4.07. The number of nitrogens with one attached hydrogen (secondary N) is 1. The normalized spacial score (nSPS) is 31.5. The van der Waals surface area contributed by atoms with Gasteiger partial charge in [-0.2, -0.15) is 17.4 Å². The summed E-state index contributed by atoms with van der Waals surface area (Å²) in [5.41, 5.74) is 0. The zero-order valence-electron chi connectivity index (χ0n) is 10.7. The lowest BCUT2D eigenvalue weighted by Gasteiger charge is -2.28. The molecule has 1 saturated heterocycles. The Labute approximate surface area is 104 Å². The molecule has 2 fully saturated rings. The third kappa shape index (κ3) is 2.99. The van der Waals surface area contributed by atoms with Crippen molar-refractivity contribution in [2.45, 2.75) is 44.2 Å². The number of hydrogen-bond acceptors (Lipinski definition) is 3. The van der Waals surface area contributed by atoms with E-state index in [0.717, 1.165) is 32.1 Å². The van der Waals surface area contributed by atoms with Crippen LogP contribution in [0.3, 0.4) is 0 Å². The molecule has 1 aliphatic carbocycles.